The number of ether oxygens (including phenoxy) is 1. The van der Waals surface area contributed by atoms with Gasteiger partial charge in [-0.2, -0.15) is 0 Å². The lowest BCUT2D eigenvalue weighted by Gasteiger charge is -2.13. The number of nitrogens with one attached hydrogen (secondary N) is 2. The molecule has 128 valence electrons. The number of carbonyl (C=O) groups is 1. The zero-order chi connectivity index (χ0) is 17.4. The van der Waals surface area contributed by atoms with Crippen LogP contribution < -0.4 is 15.4 Å². The lowest BCUT2D eigenvalue weighted by molar-refractivity contribution is -0.120. The van der Waals surface area contributed by atoms with Crippen molar-refractivity contribution in [3.05, 3.63) is 48.5 Å². The number of hydrogen-bond donors (Lipinski definition) is 2. The van der Waals surface area contributed by atoms with Gasteiger partial charge in [0.15, 0.2) is 0 Å². The van der Waals surface area contributed by atoms with E-state index in [2.05, 4.69) is 10.6 Å². The van der Waals surface area contributed by atoms with Gasteiger partial charge >= 0.3 is 0 Å². The maximum Gasteiger partial charge on any atom is 0.227 e. The maximum absolute atomic E-state index is 12.1. The van der Waals surface area contributed by atoms with Crippen LogP contribution in [0.3, 0.4) is 0 Å². The Hall–Kier alpha value is -2.49. The lowest BCUT2D eigenvalue weighted by atomic mass is 10.0. The van der Waals surface area contributed by atoms with E-state index >= 15 is 0 Å². The molecular weight excluding hydrogens is 300 g/mol. The molecule has 2 N–H and O–H groups in total. The predicted molar refractivity (Wildman–Crippen MR) is 100 cm³/mol. The standard InChI is InChI=1S/C20H26N2O2/c1-4-15(5-2)20(23)22-18-9-7-16(8-10-18)21-17-11-13-19(14-12-17)24-6-3/h7-15,21H,4-6H2,1-3H3,(H,22,23). The molecule has 0 atom stereocenters. The van der Waals surface area contributed by atoms with Crippen LogP contribution >= 0.6 is 0 Å². The van der Waals surface area contributed by atoms with Crippen LogP contribution in [-0.4, -0.2) is 12.5 Å². The number of carbonyl (C=O) groups excluding carboxylic acids is 1. The van der Waals surface area contributed by atoms with Gasteiger partial charge in [-0.05, 0) is 68.3 Å². The summed E-state index contributed by atoms with van der Waals surface area (Å²) in [5, 5.41) is 6.30. The zero-order valence-corrected chi connectivity index (χ0v) is 14.6. The highest BCUT2D eigenvalue weighted by Gasteiger charge is 2.13. The van der Waals surface area contributed by atoms with E-state index in [9.17, 15) is 4.79 Å². The van der Waals surface area contributed by atoms with E-state index in [0.29, 0.717) is 6.61 Å². The molecule has 1 amide bonds. The van der Waals surface area contributed by atoms with Crippen LogP contribution in [0, 0.1) is 5.92 Å². The minimum Gasteiger partial charge on any atom is -0.494 e. The van der Waals surface area contributed by atoms with Gasteiger partial charge in [0.25, 0.3) is 0 Å². The van der Waals surface area contributed by atoms with Crippen LogP contribution in [0.5, 0.6) is 5.75 Å². The summed E-state index contributed by atoms with van der Waals surface area (Å²) in [6, 6.07) is 15.6. The van der Waals surface area contributed by atoms with Crippen LogP contribution in [0.1, 0.15) is 33.6 Å². The van der Waals surface area contributed by atoms with Gasteiger partial charge in [-0.1, -0.05) is 13.8 Å². The average molecular weight is 326 g/mol. The Morgan fingerprint density at radius 2 is 1.38 bits per heavy atom. The molecule has 2 aromatic carbocycles. The van der Waals surface area contributed by atoms with Gasteiger partial charge in [-0.15, -0.1) is 0 Å². The van der Waals surface area contributed by atoms with E-state index in [1.54, 1.807) is 0 Å². The molecule has 0 saturated heterocycles. The fraction of sp³-hybridized carbons (Fsp3) is 0.350. The van der Waals surface area contributed by atoms with E-state index in [4.69, 9.17) is 4.74 Å². The number of anilines is 3. The summed E-state index contributed by atoms with van der Waals surface area (Å²) >= 11 is 0. The fourth-order valence-corrected chi connectivity index (χ4v) is 2.51. The molecule has 0 aliphatic carbocycles. The van der Waals surface area contributed by atoms with Gasteiger partial charge in [0.05, 0.1) is 6.61 Å². The van der Waals surface area contributed by atoms with Crippen LogP contribution in [0.25, 0.3) is 0 Å². The highest BCUT2D eigenvalue weighted by Crippen LogP contribution is 2.22. The van der Waals surface area contributed by atoms with Crippen molar-refractivity contribution in [3.63, 3.8) is 0 Å². The molecule has 0 radical (unpaired) electrons. The number of benzene rings is 2. The molecule has 0 aliphatic rings. The van der Waals surface area contributed by atoms with Crippen molar-refractivity contribution in [2.75, 3.05) is 17.2 Å². The lowest BCUT2D eigenvalue weighted by Crippen LogP contribution is -2.21. The largest absolute Gasteiger partial charge is 0.494 e. The first-order valence-corrected chi connectivity index (χ1v) is 8.57. The van der Waals surface area contributed by atoms with Gasteiger partial charge in [-0.3, -0.25) is 4.79 Å². The molecule has 0 spiro atoms. The molecule has 0 aromatic heterocycles. The SMILES string of the molecule is CCOc1ccc(Nc2ccc(NC(=O)C(CC)CC)cc2)cc1. The normalized spacial score (nSPS) is 10.5. The second-order valence-electron chi connectivity index (χ2n) is 5.66. The molecule has 0 unspecified atom stereocenters. The Kier molecular flexibility index (Phi) is 6.67. The van der Waals surface area contributed by atoms with E-state index < -0.39 is 0 Å². The summed E-state index contributed by atoms with van der Waals surface area (Å²) in [6.07, 6.45) is 1.72. The Morgan fingerprint density at radius 3 is 1.88 bits per heavy atom. The summed E-state index contributed by atoms with van der Waals surface area (Å²) in [6.45, 7) is 6.71. The first-order chi connectivity index (χ1) is 11.7. The molecule has 0 saturated carbocycles. The third kappa shape index (κ3) is 5.01. The highest BCUT2D eigenvalue weighted by molar-refractivity contribution is 5.92. The van der Waals surface area contributed by atoms with Crippen molar-refractivity contribution in [1.29, 1.82) is 0 Å². The maximum atomic E-state index is 12.1. The van der Waals surface area contributed by atoms with E-state index in [1.807, 2.05) is 69.3 Å². The monoisotopic (exact) mass is 326 g/mol. The molecule has 0 bridgehead atoms. The second-order valence-corrected chi connectivity index (χ2v) is 5.66. The summed E-state index contributed by atoms with van der Waals surface area (Å²) in [4.78, 5) is 12.1. The summed E-state index contributed by atoms with van der Waals surface area (Å²) < 4.78 is 5.43. The summed E-state index contributed by atoms with van der Waals surface area (Å²) in [7, 11) is 0. The molecule has 2 aromatic rings. The van der Waals surface area contributed by atoms with E-state index in [-0.39, 0.29) is 11.8 Å². The van der Waals surface area contributed by atoms with E-state index in [1.165, 1.54) is 0 Å². The quantitative estimate of drug-likeness (QED) is 0.700. The zero-order valence-electron chi connectivity index (χ0n) is 14.6. The molecule has 0 aliphatic heterocycles. The Balaban J connectivity index is 1.95. The van der Waals surface area contributed by atoms with Gasteiger partial charge in [0, 0.05) is 23.0 Å². The minimum atomic E-state index is 0.0756. The van der Waals surface area contributed by atoms with Crippen LogP contribution in [0.15, 0.2) is 48.5 Å². The van der Waals surface area contributed by atoms with Crippen LogP contribution in [-0.2, 0) is 4.79 Å². The number of amides is 1. The molecular formula is C20H26N2O2. The van der Waals surface area contributed by atoms with Crippen molar-refractivity contribution in [2.24, 2.45) is 5.92 Å². The third-order valence-electron chi connectivity index (χ3n) is 3.96. The number of rotatable bonds is 8. The van der Waals surface area contributed by atoms with Crippen molar-refractivity contribution in [2.45, 2.75) is 33.6 Å². The van der Waals surface area contributed by atoms with Crippen molar-refractivity contribution in [1.82, 2.24) is 0 Å². The fourth-order valence-electron chi connectivity index (χ4n) is 2.51. The molecule has 2 rings (SSSR count). The molecule has 0 fully saturated rings. The van der Waals surface area contributed by atoms with Gasteiger partial charge in [0.2, 0.25) is 5.91 Å². The summed E-state index contributed by atoms with van der Waals surface area (Å²) in [5.74, 6) is 1.03. The average Bonchev–Trinajstić information content (AvgIpc) is 2.60. The Bertz CT molecular complexity index is 632. The van der Waals surface area contributed by atoms with Gasteiger partial charge < -0.3 is 15.4 Å². The Morgan fingerprint density at radius 1 is 0.875 bits per heavy atom. The second kappa shape index (κ2) is 8.96. The molecule has 4 nitrogen and oxygen atoms in total. The smallest absolute Gasteiger partial charge is 0.227 e. The molecule has 0 heterocycles. The minimum absolute atomic E-state index is 0.0756. The first kappa shape index (κ1) is 17.9. The highest BCUT2D eigenvalue weighted by atomic mass is 16.5. The summed E-state index contributed by atoms with van der Waals surface area (Å²) in [5.41, 5.74) is 2.79. The van der Waals surface area contributed by atoms with Gasteiger partial charge in [-0.25, -0.2) is 0 Å². The van der Waals surface area contributed by atoms with Crippen molar-refractivity contribution in [3.8, 4) is 5.75 Å². The van der Waals surface area contributed by atoms with Crippen LogP contribution in [0.4, 0.5) is 17.1 Å². The first-order valence-electron chi connectivity index (χ1n) is 8.57. The number of hydrogen-bond acceptors (Lipinski definition) is 3. The molecule has 24 heavy (non-hydrogen) atoms. The topological polar surface area (TPSA) is 50.4 Å². The third-order valence-corrected chi connectivity index (χ3v) is 3.96. The van der Waals surface area contributed by atoms with Crippen LogP contribution in [0.2, 0.25) is 0 Å². The predicted octanol–water partition coefficient (Wildman–Crippen LogP) is 5.20. The van der Waals surface area contributed by atoms with Crippen molar-refractivity contribution < 1.29 is 9.53 Å². The Labute approximate surface area is 144 Å². The van der Waals surface area contributed by atoms with Crippen molar-refractivity contribution >= 4 is 23.0 Å². The van der Waals surface area contributed by atoms with E-state index in [0.717, 1.165) is 35.7 Å². The van der Waals surface area contributed by atoms with Gasteiger partial charge in [0.1, 0.15) is 5.75 Å². The molecule has 4 heteroatoms.